The van der Waals surface area contributed by atoms with Crippen LogP contribution in [0.15, 0.2) is 59.5 Å². The number of hydrogen-bond acceptors (Lipinski definition) is 3. The molecule has 18 heavy (non-hydrogen) atoms. The molecule has 0 bridgehead atoms. The van der Waals surface area contributed by atoms with E-state index in [0.29, 0.717) is 0 Å². The Balaban J connectivity index is 2.38. The van der Waals surface area contributed by atoms with E-state index in [9.17, 15) is 8.42 Å². The van der Waals surface area contributed by atoms with Crippen molar-refractivity contribution in [2.45, 2.75) is 4.90 Å². The van der Waals surface area contributed by atoms with Crippen LogP contribution in [0.1, 0.15) is 5.56 Å². The predicted octanol–water partition coefficient (Wildman–Crippen LogP) is 2.36. The second kappa shape index (κ2) is 4.90. The molecule has 2 aromatic carbocycles. The van der Waals surface area contributed by atoms with Crippen LogP contribution in [0, 0.1) is 11.3 Å². The summed E-state index contributed by atoms with van der Waals surface area (Å²) in [6.45, 7) is 0. The summed E-state index contributed by atoms with van der Waals surface area (Å²) in [6.07, 6.45) is 0. The topological polar surface area (TPSA) is 70.0 Å². The van der Waals surface area contributed by atoms with E-state index in [1.54, 1.807) is 42.5 Å². The monoisotopic (exact) mass is 258 g/mol. The van der Waals surface area contributed by atoms with Crippen molar-refractivity contribution in [1.29, 1.82) is 5.26 Å². The minimum Gasteiger partial charge on any atom is -0.278 e. The first kappa shape index (κ1) is 12.1. The highest BCUT2D eigenvalue weighted by atomic mass is 32.2. The number of para-hydroxylation sites is 1. The van der Waals surface area contributed by atoms with Crippen molar-refractivity contribution in [3.05, 3.63) is 60.2 Å². The normalized spacial score (nSPS) is 10.6. The molecule has 0 aromatic heterocycles. The van der Waals surface area contributed by atoms with Crippen molar-refractivity contribution in [3.63, 3.8) is 0 Å². The third kappa shape index (κ3) is 2.50. The number of nitrogens with zero attached hydrogens (tertiary/aromatic N) is 1. The van der Waals surface area contributed by atoms with Crippen LogP contribution in [-0.4, -0.2) is 8.42 Å². The second-order valence-corrected chi connectivity index (χ2v) is 5.26. The first-order chi connectivity index (χ1) is 8.63. The maximum Gasteiger partial charge on any atom is 0.261 e. The van der Waals surface area contributed by atoms with Crippen molar-refractivity contribution in [1.82, 2.24) is 0 Å². The summed E-state index contributed by atoms with van der Waals surface area (Å²) in [6, 6.07) is 16.4. The summed E-state index contributed by atoms with van der Waals surface area (Å²) in [7, 11) is -3.65. The van der Waals surface area contributed by atoms with Crippen molar-refractivity contribution < 1.29 is 8.42 Å². The van der Waals surface area contributed by atoms with Crippen LogP contribution in [0.3, 0.4) is 0 Å². The first-order valence-corrected chi connectivity index (χ1v) is 6.69. The van der Waals surface area contributed by atoms with Gasteiger partial charge in [0.15, 0.2) is 0 Å². The number of nitrogens with one attached hydrogen (secondary N) is 1. The second-order valence-electron chi connectivity index (χ2n) is 3.58. The van der Waals surface area contributed by atoms with Gasteiger partial charge in [0.2, 0.25) is 0 Å². The van der Waals surface area contributed by atoms with E-state index < -0.39 is 10.0 Å². The van der Waals surface area contributed by atoms with E-state index >= 15 is 0 Å². The Morgan fingerprint density at radius 2 is 1.56 bits per heavy atom. The summed E-state index contributed by atoms with van der Waals surface area (Å²) >= 11 is 0. The van der Waals surface area contributed by atoms with E-state index in [4.69, 9.17) is 5.26 Å². The minimum absolute atomic E-state index is 0.165. The molecule has 2 aromatic rings. The minimum atomic E-state index is -3.65. The third-order valence-electron chi connectivity index (χ3n) is 2.35. The number of anilines is 1. The zero-order valence-corrected chi connectivity index (χ0v) is 10.2. The first-order valence-electron chi connectivity index (χ1n) is 5.20. The highest BCUT2D eigenvalue weighted by molar-refractivity contribution is 7.92. The highest BCUT2D eigenvalue weighted by Crippen LogP contribution is 2.18. The average molecular weight is 258 g/mol. The van der Waals surface area contributed by atoms with Crippen molar-refractivity contribution in [3.8, 4) is 6.07 Å². The molecule has 0 aliphatic rings. The fourth-order valence-electron chi connectivity index (χ4n) is 1.47. The van der Waals surface area contributed by atoms with E-state index in [1.807, 2.05) is 6.07 Å². The lowest BCUT2D eigenvalue weighted by atomic mass is 10.2. The molecule has 0 saturated carbocycles. The molecule has 0 atom stereocenters. The lowest BCUT2D eigenvalue weighted by Gasteiger charge is -2.08. The molecule has 0 fully saturated rings. The van der Waals surface area contributed by atoms with Gasteiger partial charge in [0, 0.05) is 0 Å². The number of benzene rings is 2. The van der Waals surface area contributed by atoms with Crippen molar-refractivity contribution in [2.24, 2.45) is 0 Å². The molecule has 4 nitrogen and oxygen atoms in total. The van der Waals surface area contributed by atoms with Crippen LogP contribution >= 0.6 is 0 Å². The van der Waals surface area contributed by atoms with E-state index in [-0.39, 0.29) is 16.1 Å². The molecule has 0 aliphatic carbocycles. The number of hydrogen-bond donors (Lipinski definition) is 1. The molecule has 0 heterocycles. The predicted molar refractivity (Wildman–Crippen MR) is 68.4 cm³/mol. The smallest absolute Gasteiger partial charge is 0.261 e. The molecule has 0 spiro atoms. The summed E-state index contributed by atoms with van der Waals surface area (Å²) in [5.41, 5.74) is 0.570. The van der Waals surface area contributed by atoms with Gasteiger partial charge in [-0.1, -0.05) is 30.3 Å². The van der Waals surface area contributed by atoms with Gasteiger partial charge in [-0.15, -0.1) is 0 Å². The lowest BCUT2D eigenvalue weighted by Crippen LogP contribution is -2.13. The zero-order valence-electron chi connectivity index (χ0n) is 9.37. The van der Waals surface area contributed by atoms with Gasteiger partial charge in [-0.25, -0.2) is 8.42 Å². The standard InChI is InChI=1S/C13H10N2O2S/c14-10-11-6-4-5-9-13(11)15-18(16,17)12-7-2-1-3-8-12/h1-9,15H. The van der Waals surface area contributed by atoms with Crippen molar-refractivity contribution >= 4 is 15.7 Å². The largest absolute Gasteiger partial charge is 0.278 e. The Hall–Kier alpha value is -2.32. The van der Waals surface area contributed by atoms with Gasteiger partial charge in [0.05, 0.1) is 16.1 Å². The SMILES string of the molecule is N#Cc1ccccc1NS(=O)(=O)c1ccccc1. The lowest BCUT2D eigenvalue weighted by molar-refractivity contribution is 0.601. The zero-order chi connectivity index (χ0) is 13.0. The summed E-state index contributed by atoms with van der Waals surface area (Å²) < 4.78 is 26.5. The van der Waals surface area contributed by atoms with Gasteiger partial charge in [-0.05, 0) is 24.3 Å². The highest BCUT2D eigenvalue weighted by Gasteiger charge is 2.14. The Bertz CT molecular complexity index is 688. The van der Waals surface area contributed by atoms with Gasteiger partial charge in [0.1, 0.15) is 6.07 Å². The summed E-state index contributed by atoms with van der Waals surface area (Å²) in [4.78, 5) is 0.165. The Kier molecular flexibility index (Phi) is 3.31. The van der Waals surface area contributed by atoms with Gasteiger partial charge in [-0.3, -0.25) is 4.72 Å². The summed E-state index contributed by atoms with van der Waals surface area (Å²) in [5.74, 6) is 0. The van der Waals surface area contributed by atoms with Gasteiger partial charge in [-0.2, -0.15) is 5.26 Å². The van der Waals surface area contributed by atoms with Crippen LogP contribution in [0.5, 0.6) is 0 Å². The van der Waals surface area contributed by atoms with Gasteiger partial charge < -0.3 is 0 Å². The number of sulfonamides is 1. The third-order valence-corrected chi connectivity index (χ3v) is 3.73. The molecule has 90 valence electrons. The quantitative estimate of drug-likeness (QED) is 0.918. The molecule has 5 heteroatoms. The Labute approximate surface area is 106 Å². The molecule has 1 N–H and O–H groups in total. The van der Waals surface area contributed by atoms with E-state index in [2.05, 4.69) is 4.72 Å². The molecule has 0 radical (unpaired) electrons. The fraction of sp³-hybridized carbons (Fsp3) is 0. The van der Waals surface area contributed by atoms with E-state index in [1.165, 1.54) is 12.1 Å². The molecule has 0 amide bonds. The Morgan fingerprint density at radius 1 is 0.944 bits per heavy atom. The molecule has 0 aliphatic heterocycles. The van der Waals surface area contributed by atoms with E-state index in [0.717, 1.165) is 0 Å². The summed E-state index contributed by atoms with van der Waals surface area (Å²) in [5, 5.41) is 8.90. The molecular weight excluding hydrogens is 248 g/mol. The van der Waals surface area contributed by atoms with Crippen LogP contribution in [0.4, 0.5) is 5.69 Å². The van der Waals surface area contributed by atoms with Gasteiger partial charge in [0.25, 0.3) is 10.0 Å². The van der Waals surface area contributed by atoms with Crippen LogP contribution in [0.25, 0.3) is 0 Å². The maximum atomic E-state index is 12.0. The van der Waals surface area contributed by atoms with Crippen LogP contribution in [0.2, 0.25) is 0 Å². The molecule has 0 unspecified atom stereocenters. The van der Waals surface area contributed by atoms with Gasteiger partial charge >= 0.3 is 0 Å². The fourth-order valence-corrected chi connectivity index (χ4v) is 2.57. The number of rotatable bonds is 3. The molecular formula is C13H10N2O2S. The Morgan fingerprint density at radius 3 is 2.22 bits per heavy atom. The van der Waals surface area contributed by atoms with Crippen molar-refractivity contribution in [2.75, 3.05) is 4.72 Å². The maximum absolute atomic E-state index is 12.0. The van der Waals surface area contributed by atoms with Crippen LogP contribution < -0.4 is 4.72 Å². The number of nitriles is 1. The average Bonchev–Trinajstić information content (AvgIpc) is 2.40. The molecule has 2 rings (SSSR count). The van der Waals surface area contributed by atoms with Crippen LogP contribution in [-0.2, 0) is 10.0 Å². The molecule has 0 saturated heterocycles.